The highest BCUT2D eigenvalue weighted by Gasteiger charge is 2.21. The zero-order chi connectivity index (χ0) is 13.0. The van der Waals surface area contributed by atoms with E-state index in [1.807, 2.05) is 7.05 Å². The Balaban J connectivity index is 2.03. The highest BCUT2D eigenvalue weighted by Crippen LogP contribution is 2.32. The summed E-state index contributed by atoms with van der Waals surface area (Å²) < 4.78 is 5.71. The molecule has 0 heterocycles. The molecule has 0 atom stereocenters. The molecule has 1 aromatic carbocycles. The minimum Gasteiger partial charge on any atom is -0.493 e. The van der Waals surface area contributed by atoms with Gasteiger partial charge in [0.25, 0.3) is 5.69 Å². The van der Waals surface area contributed by atoms with E-state index in [1.165, 1.54) is 18.9 Å². The van der Waals surface area contributed by atoms with Crippen LogP contribution >= 0.6 is 0 Å². The molecule has 18 heavy (non-hydrogen) atoms. The summed E-state index contributed by atoms with van der Waals surface area (Å²) >= 11 is 0. The molecule has 1 saturated carbocycles. The van der Waals surface area contributed by atoms with Gasteiger partial charge in [0.05, 0.1) is 11.5 Å². The van der Waals surface area contributed by atoms with Gasteiger partial charge in [-0.25, -0.2) is 0 Å². The van der Waals surface area contributed by atoms with Crippen molar-refractivity contribution < 1.29 is 9.66 Å². The van der Waals surface area contributed by atoms with E-state index in [9.17, 15) is 10.1 Å². The summed E-state index contributed by atoms with van der Waals surface area (Å²) in [5.74, 6) is 1.58. The number of nitro benzene ring substituents is 1. The molecular weight excluding hydrogens is 232 g/mol. The Bertz CT molecular complexity index is 430. The summed E-state index contributed by atoms with van der Waals surface area (Å²) in [7, 11) is 1.81. The van der Waals surface area contributed by atoms with Gasteiger partial charge >= 0.3 is 0 Å². The highest BCUT2D eigenvalue weighted by atomic mass is 16.6. The summed E-state index contributed by atoms with van der Waals surface area (Å²) in [6, 6.07) is 4.76. The maximum atomic E-state index is 10.7. The average molecular weight is 250 g/mol. The number of hydrogen-bond acceptors (Lipinski definition) is 4. The van der Waals surface area contributed by atoms with Gasteiger partial charge in [0.1, 0.15) is 5.75 Å². The van der Waals surface area contributed by atoms with E-state index in [1.54, 1.807) is 12.1 Å². The lowest BCUT2D eigenvalue weighted by Crippen LogP contribution is -2.09. The molecule has 5 heteroatoms. The number of benzene rings is 1. The smallest absolute Gasteiger partial charge is 0.270 e. The third kappa shape index (κ3) is 3.43. The third-order valence-corrected chi connectivity index (χ3v) is 3.10. The van der Waals surface area contributed by atoms with Crippen LogP contribution in [0.3, 0.4) is 0 Å². The Labute approximate surface area is 106 Å². The first-order valence-electron chi connectivity index (χ1n) is 6.25. The molecule has 98 valence electrons. The van der Waals surface area contributed by atoms with Gasteiger partial charge in [-0.1, -0.05) is 12.8 Å². The van der Waals surface area contributed by atoms with Crippen LogP contribution in [0.15, 0.2) is 18.2 Å². The fourth-order valence-corrected chi connectivity index (χ4v) is 1.89. The van der Waals surface area contributed by atoms with E-state index in [0.29, 0.717) is 13.2 Å². The number of non-ortho nitro benzene ring substituents is 1. The van der Waals surface area contributed by atoms with Crippen LogP contribution in [-0.4, -0.2) is 18.6 Å². The van der Waals surface area contributed by atoms with E-state index < -0.39 is 0 Å². The predicted molar refractivity (Wildman–Crippen MR) is 68.7 cm³/mol. The standard InChI is InChI=1S/C13H18N2O3/c1-14-9-11-8-12(15(16)17)4-5-13(11)18-7-6-10-2-3-10/h4-5,8,10,14H,2-3,6-7,9H2,1H3. The van der Waals surface area contributed by atoms with Crippen molar-refractivity contribution in [1.29, 1.82) is 0 Å². The predicted octanol–water partition coefficient (Wildman–Crippen LogP) is 2.49. The minimum atomic E-state index is -0.382. The van der Waals surface area contributed by atoms with Gasteiger partial charge in [-0.15, -0.1) is 0 Å². The lowest BCUT2D eigenvalue weighted by atomic mass is 10.1. The van der Waals surface area contributed by atoms with Crippen molar-refractivity contribution in [3.63, 3.8) is 0 Å². The second kappa shape index (κ2) is 5.82. The van der Waals surface area contributed by atoms with Crippen LogP contribution in [0.2, 0.25) is 0 Å². The van der Waals surface area contributed by atoms with Crippen LogP contribution in [0.1, 0.15) is 24.8 Å². The van der Waals surface area contributed by atoms with Crippen molar-refractivity contribution in [2.75, 3.05) is 13.7 Å². The van der Waals surface area contributed by atoms with Crippen molar-refractivity contribution in [2.45, 2.75) is 25.8 Å². The number of nitro groups is 1. The van der Waals surface area contributed by atoms with Gasteiger partial charge in [0, 0.05) is 24.2 Å². The number of nitrogens with zero attached hydrogens (tertiary/aromatic N) is 1. The number of hydrogen-bond donors (Lipinski definition) is 1. The van der Waals surface area contributed by atoms with Crippen LogP contribution in [0.25, 0.3) is 0 Å². The Morgan fingerprint density at radius 3 is 2.89 bits per heavy atom. The fourth-order valence-electron chi connectivity index (χ4n) is 1.89. The largest absolute Gasteiger partial charge is 0.493 e. The molecule has 1 aliphatic carbocycles. The topological polar surface area (TPSA) is 64.4 Å². The molecule has 1 aliphatic rings. The monoisotopic (exact) mass is 250 g/mol. The van der Waals surface area contributed by atoms with Crippen LogP contribution < -0.4 is 10.1 Å². The van der Waals surface area contributed by atoms with Crippen LogP contribution in [0.5, 0.6) is 5.75 Å². The zero-order valence-corrected chi connectivity index (χ0v) is 10.5. The fraction of sp³-hybridized carbons (Fsp3) is 0.538. The molecule has 0 radical (unpaired) electrons. The zero-order valence-electron chi connectivity index (χ0n) is 10.5. The molecule has 5 nitrogen and oxygen atoms in total. The second-order valence-electron chi connectivity index (χ2n) is 4.66. The first-order valence-corrected chi connectivity index (χ1v) is 6.25. The van der Waals surface area contributed by atoms with Crippen molar-refractivity contribution in [3.05, 3.63) is 33.9 Å². The second-order valence-corrected chi connectivity index (χ2v) is 4.66. The molecule has 0 aromatic heterocycles. The maximum Gasteiger partial charge on any atom is 0.270 e. The van der Waals surface area contributed by atoms with Crippen molar-refractivity contribution in [3.8, 4) is 5.75 Å². The van der Waals surface area contributed by atoms with Gasteiger partial charge < -0.3 is 10.1 Å². The normalized spacial score (nSPS) is 14.5. The quantitative estimate of drug-likeness (QED) is 0.596. The molecule has 1 aromatic rings. The van der Waals surface area contributed by atoms with Crippen LogP contribution in [-0.2, 0) is 6.54 Å². The number of ether oxygens (including phenoxy) is 1. The van der Waals surface area contributed by atoms with Crippen molar-refractivity contribution in [2.24, 2.45) is 5.92 Å². The first-order chi connectivity index (χ1) is 8.70. The molecule has 0 bridgehead atoms. The number of nitrogens with one attached hydrogen (secondary N) is 1. The molecule has 1 N–H and O–H groups in total. The van der Waals surface area contributed by atoms with Gasteiger partial charge in [-0.2, -0.15) is 0 Å². The Morgan fingerprint density at radius 1 is 1.50 bits per heavy atom. The highest BCUT2D eigenvalue weighted by molar-refractivity contribution is 5.43. The summed E-state index contributed by atoms with van der Waals surface area (Å²) in [5.41, 5.74) is 0.942. The Morgan fingerprint density at radius 2 is 2.28 bits per heavy atom. The Kier molecular flexibility index (Phi) is 4.15. The molecule has 0 spiro atoms. The van der Waals surface area contributed by atoms with E-state index in [-0.39, 0.29) is 10.6 Å². The first kappa shape index (κ1) is 12.8. The summed E-state index contributed by atoms with van der Waals surface area (Å²) in [4.78, 5) is 10.3. The van der Waals surface area contributed by atoms with Crippen molar-refractivity contribution >= 4 is 5.69 Å². The van der Waals surface area contributed by atoms with Crippen molar-refractivity contribution in [1.82, 2.24) is 5.32 Å². The molecule has 0 unspecified atom stereocenters. The lowest BCUT2D eigenvalue weighted by Gasteiger charge is -2.11. The summed E-state index contributed by atoms with van der Waals surface area (Å²) in [6.07, 6.45) is 3.70. The van der Waals surface area contributed by atoms with Crippen LogP contribution in [0, 0.1) is 16.0 Å². The maximum absolute atomic E-state index is 10.7. The van der Waals surface area contributed by atoms with E-state index >= 15 is 0 Å². The van der Waals surface area contributed by atoms with E-state index in [2.05, 4.69) is 5.32 Å². The van der Waals surface area contributed by atoms with Gasteiger partial charge in [-0.05, 0) is 25.5 Å². The van der Waals surface area contributed by atoms with E-state index in [4.69, 9.17) is 4.74 Å². The SMILES string of the molecule is CNCc1cc([N+](=O)[O-])ccc1OCCC1CC1. The Hall–Kier alpha value is -1.62. The van der Waals surface area contributed by atoms with Gasteiger partial charge in [-0.3, -0.25) is 10.1 Å². The molecular formula is C13H18N2O3. The average Bonchev–Trinajstić information content (AvgIpc) is 3.15. The number of rotatable bonds is 7. The lowest BCUT2D eigenvalue weighted by molar-refractivity contribution is -0.384. The minimum absolute atomic E-state index is 0.106. The summed E-state index contributed by atoms with van der Waals surface area (Å²) in [6.45, 7) is 1.26. The molecule has 0 saturated heterocycles. The van der Waals surface area contributed by atoms with Gasteiger partial charge in [0.2, 0.25) is 0 Å². The van der Waals surface area contributed by atoms with Gasteiger partial charge in [0.15, 0.2) is 0 Å². The van der Waals surface area contributed by atoms with Crippen LogP contribution in [0.4, 0.5) is 5.69 Å². The molecule has 2 rings (SSSR count). The van der Waals surface area contributed by atoms with E-state index in [0.717, 1.165) is 23.7 Å². The molecule has 1 fully saturated rings. The molecule has 0 aliphatic heterocycles. The third-order valence-electron chi connectivity index (χ3n) is 3.10. The molecule has 0 amide bonds. The summed E-state index contributed by atoms with van der Waals surface area (Å²) in [5, 5.41) is 13.7.